The van der Waals surface area contributed by atoms with Crippen LogP contribution >= 0.6 is 0 Å². The summed E-state index contributed by atoms with van der Waals surface area (Å²) in [7, 11) is 0. The van der Waals surface area contributed by atoms with E-state index in [1.54, 1.807) is 4.98 Å². The van der Waals surface area contributed by atoms with Gasteiger partial charge in [-0.05, 0) is 6.42 Å². The highest BCUT2D eigenvalue weighted by atomic mass is 19.1. The molecule has 0 fully saturated rings. The predicted octanol–water partition coefficient (Wildman–Crippen LogP) is 1.54. The second-order valence-corrected chi connectivity index (χ2v) is 4.52. The lowest BCUT2D eigenvalue weighted by molar-refractivity contribution is -0.147. The fourth-order valence-electron chi connectivity index (χ4n) is 1.67. The number of hydrogen-bond acceptors (Lipinski definition) is 4. The molecule has 0 amide bonds. The minimum absolute atomic E-state index is 0.268. The van der Waals surface area contributed by atoms with E-state index >= 15 is 0 Å². The van der Waals surface area contributed by atoms with Gasteiger partial charge in [0.05, 0.1) is 6.20 Å². The third-order valence-electron chi connectivity index (χ3n) is 2.82. The Morgan fingerprint density at radius 1 is 1.30 bits per heavy atom. The van der Waals surface area contributed by atoms with Gasteiger partial charge in [-0.15, -0.1) is 0 Å². The van der Waals surface area contributed by atoms with E-state index in [0.29, 0.717) is 0 Å². The Balaban J connectivity index is 2.36. The Bertz CT molecular complexity index is 550. The summed E-state index contributed by atoms with van der Waals surface area (Å²) in [6, 6.07) is 0. The largest absolute Gasteiger partial charge is 0.444 e. The summed E-state index contributed by atoms with van der Waals surface area (Å²) in [6.07, 6.45) is 6.02. The van der Waals surface area contributed by atoms with E-state index in [1.807, 2.05) is 0 Å². The number of aromatic amines is 1. The fraction of sp³-hybridized carbons (Fsp3) is 0.615. The van der Waals surface area contributed by atoms with Gasteiger partial charge in [0.2, 0.25) is 5.82 Å². The smallest absolute Gasteiger partial charge is 0.331 e. The van der Waals surface area contributed by atoms with Crippen molar-refractivity contribution in [3.8, 4) is 0 Å². The van der Waals surface area contributed by atoms with Crippen molar-refractivity contribution in [1.29, 1.82) is 0 Å². The zero-order valence-corrected chi connectivity index (χ0v) is 11.5. The maximum absolute atomic E-state index is 13.0. The minimum Gasteiger partial charge on any atom is -0.444 e. The summed E-state index contributed by atoms with van der Waals surface area (Å²) in [6.45, 7) is 1.70. The molecule has 0 saturated carbocycles. The number of nitrogens with zero attached hydrogens (tertiary/aromatic N) is 1. The number of carbonyl (C=O) groups excluding carboxylic acids is 1. The Kier molecular flexibility index (Phi) is 6.69. The summed E-state index contributed by atoms with van der Waals surface area (Å²) in [5, 5.41) is 0. The van der Waals surface area contributed by atoms with Crippen LogP contribution in [-0.4, -0.2) is 15.5 Å². The molecule has 0 radical (unpaired) electrons. The van der Waals surface area contributed by atoms with E-state index in [2.05, 4.69) is 6.92 Å². The lowest BCUT2D eigenvalue weighted by atomic mass is 10.1. The van der Waals surface area contributed by atoms with Gasteiger partial charge in [0.25, 0.3) is 5.56 Å². The number of hydrogen-bond donors (Lipinski definition) is 1. The van der Waals surface area contributed by atoms with Crippen molar-refractivity contribution in [2.75, 3.05) is 0 Å². The molecule has 20 heavy (non-hydrogen) atoms. The predicted molar refractivity (Wildman–Crippen MR) is 70.7 cm³/mol. The number of carbonyl (C=O) groups is 1. The van der Waals surface area contributed by atoms with Crippen molar-refractivity contribution in [2.45, 2.75) is 52.2 Å². The summed E-state index contributed by atoms with van der Waals surface area (Å²) >= 11 is 0. The molecule has 0 spiro atoms. The molecule has 0 bridgehead atoms. The van der Waals surface area contributed by atoms with Crippen molar-refractivity contribution in [2.24, 2.45) is 0 Å². The molecule has 6 nitrogen and oxygen atoms in total. The van der Waals surface area contributed by atoms with Crippen LogP contribution in [0.5, 0.6) is 0 Å². The van der Waals surface area contributed by atoms with Crippen LogP contribution in [0.4, 0.5) is 4.39 Å². The number of unbranched alkanes of at least 4 members (excludes halogenated alkanes) is 4. The molecular weight excluding hydrogens is 267 g/mol. The van der Waals surface area contributed by atoms with E-state index in [-0.39, 0.29) is 6.42 Å². The van der Waals surface area contributed by atoms with Gasteiger partial charge in [-0.3, -0.25) is 19.1 Å². The normalized spacial score (nSPS) is 10.5. The van der Waals surface area contributed by atoms with E-state index in [4.69, 9.17) is 4.74 Å². The average Bonchev–Trinajstić information content (AvgIpc) is 2.41. The monoisotopic (exact) mass is 286 g/mol. The van der Waals surface area contributed by atoms with E-state index < -0.39 is 29.8 Å². The molecule has 0 aliphatic carbocycles. The van der Waals surface area contributed by atoms with Crippen LogP contribution in [-0.2, 0) is 16.3 Å². The molecule has 1 aromatic rings. The molecular formula is C13H19FN2O4. The molecule has 1 aromatic heterocycles. The summed E-state index contributed by atoms with van der Waals surface area (Å²) in [4.78, 5) is 35.3. The maximum atomic E-state index is 13.0. The van der Waals surface area contributed by atoms with Gasteiger partial charge in [-0.1, -0.05) is 32.6 Å². The first-order chi connectivity index (χ1) is 9.54. The lowest BCUT2D eigenvalue weighted by Gasteiger charge is -2.06. The number of esters is 1. The van der Waals surface area contributed by atoms with E-state index in [0.717, 1.165) is 42.9 Å². The molecule has 1 heterocycles. The van der Waals surface area contributed by atoms with Crippen molar-refractivity contribution < 1.29 is 13.9 Å². The maximum Gasteiger partial charge on any atom is 0.331 e. The van der Waals surface area contributed by atoms with Crippen LogP contribution in [0.1, 0.15) is 45.4 Å². The first-order valence-electron chi connectivity index (χ1n) is 6.69. The summed E-state index contributed by atoms with van der Waals surface area (Å²) in [5.74, 6) is -1.54. The van der Waals surface area contributed by atoms with Gasteiger partial charge < -0.3 is 4.74 Å². The average molecular weight is 286 g/mol. The minimum atomic E-state index is -1.10. The van der Waals surface area contributed by atoms with Crippen LogP contribution < -0.4 is 11.2 Å². The molecule has 0 unspecified atom stereocenters. The molecule has 112 valence electrons. The second-order valence-electron chi connectivity index (χ2n) is 4.52. The molecule has 1 N–H and O–H groups in total. The highest BCUT2D eigenvalue weighted by Gasteiger charge is 2.06. The van der Waals surface area contributed by atoms with E-state index in [1.165, 1.54) is 0 Å². The number of H-pyrrole nitrogens is 1. The summed E-state index contributed by atoms with van der Waals surface area (Å²) < 4.78 is 18.6. The standard InChI is InChI=1S/C13H19FN2O4/c1-2-3-4-5-6-7-11(17)20-9-16-8-10(14)12(18)15-13(16)19/h8H,2-7,9H2,1H3,(H,15,18,19). The number of nitrogens with one attached hydrogen (secondary N) is 1. The first-order valence-corrected chi connectivity index (χ1v) is 6.69. The fourth-order valence-corrected chi connectivity index (χ4v) is 1.67. The SMILES string of the molecule is CCCCCCCC(=O)OCn1cc(F)c(=O)[nH]c1=O. The van der Waals surface area contributed by atoms with Crippen LogP contribution in [0.2, 0.25) is 0 Å². The van der Waals surface area contributed by atoms with E-state index in [9.17, 15) is 18.8 Å². The van der Waals surface area contributed by atoms with Gasteiger partial charge in [0.1, 0.15) is 0 Å². The molecule has 7 heteroatoms. The van der Waals surface area contributed by atoms with Gasteiger partial charge in [0, 0.05) is 6.42 Å². The van der Waals surface area contributed by atoms with Crippen molar-refractivity contribution in [3.63, 3.8) is 0 Å². The van der Waals surface area contributed by atoms with Gasteiger partial charge in [0.15, 0.2) is 6.73 Å². The van der Waals surface area contributed by atoms with Crippen molar-refractivity contribution in [1.82, 2.24) is 9.55 Å². The third kappa shape index (κ3) is 5.38. The highest BCUT2D eigenvalue weighted by Crippen LogP contribution is 2.05. The van der Waals surface area contributed by atoms with Crippen molar-refractivity contribution in [3.05, 3.63) is 32.9 Å². The highest BCUT2D eigenvalue weighted by molar-refractivity contribution is 5.69. The molecule has 0 aromatic carbocycles. The quantitative estimate of drug-likeness (QED) is 0.580. The lowest BCUT2D eigenvalue weighted by Crippen LogP contribution is -2.32. The Hall–Kier alpha value is -1.92. The molecule has 0 aliphatic heterocycles. The van der Waals surface area contributed by atoms with Gasteiger partial charge in [-0.2, -0.15) is 4.39 Å². The number of halogens is 1. The molecule has 0 aliphatic rings. The molecule has 0 atom stereocenters. The Morgan fingerprint density at radius 3 is 2.70 bits per heavy atom. The van der Waals surface area contributed by atoms with Crippen LogP contribution in [0.25, 0.3) is 0 Å². The van der Waals surface area contributed by atoms with Crippen LogP contribution in [0.15, 0.2) is 15.8 Å². The van der Waals surface area contributed by atoms with Crippen molar-refractivity contribution >= 4 is 5.97 Å². The Labute approximate surface area is 115 Å². The number of ether oxygens (including phenoxy) is 1. The zero-order valence-electron chi connectivity index (χ0n) is 11.5. The molecule has 1 rings (SSSR count). The van der Waals surface area contributed by atoms with Gasteiger partial charge >= 0.3 is 11.7 Å². The first kappa shape index (κ1) is 16.1. The van der Waals surface area contributed by atoms with Crippen LogP contribution in [0, 0.1) is 5.82 Å². The number of rotatable bonds is 8. The Morgan fingerprint density at radius 2 is 2.00 bits per heavy atom. The second kappa shape index (κ2) is 8.29. The number of aromatic nitrogens is 2. The van der Waals surface area contributed by atoms with Crippen LogP contribution in [0.3, 0.4) is 0 Å². The molecule has 0 saturated heterocycles. The zero-order chi connectivity index (χ0) is 15.0. The topological polar surface area (TPSA) is 81.2 Å². The summed E-state index contributed by atoms with van der Waals surface area (Å²) in [5.41, 5.74) is -1.90. The third-order valence-corrected chi connectivity index (χ3v) is 2.82. The van der Waals surface area contributed by atoms with Gasteiger partial charge in [-0.25, -0.2) is 4.79 Å².